The summed E-state index contributed by atoms with van der Waals surface area (Å²) in [6.45, 7) is 2.10. The molecule has 1 unspecified atom stereocenters. The third-order valence-corrected chi connectivity index (χ3v) is 2.90. The third-order valence-electron chi connectivity index (χ3n) is 2.90. The molecule has 0 radical (unpaired) electrons. The van der Waals surface area contributed by atoms with Crippen molar-refractivity contribution in [1.82, 2.24) is 5.32 Å². The first-order chi connectivity index (χ1) is 9.42. The molecule has 0 heterocycles. The lowest BCUT2D eigenvalue weighted by Crippen LogP contribution is -2.40. The lowest BCUT2D eigenvalue weighted by molar-refractivity contribution is 0.0930. The zero-order valence-electron chi connectivity index (χ0n) is 11.0. The average molecular weight is 290 g/mol. The predicted molar refractivity (Wildman–Crippen MR) is 67.8 cm³/mol. The molecule has 4 nitrogen and oxygen atoms in total. The Bertz CT molecular complexity index is 495. The van der Waals surface area contributed by atoms with Gasteiger partial charge in [-0.05, 0) is 12.5 Å². The highest BCUT2D eigenvalue weighted by Gasteiger charge is 2.23. The smallest absolute Gasteiger partial charge is 0.254 e. The fourth-order valence-corrected chi connectivity index (χ4v) is 1.72. The zero-order chi connectivity index (χ0) is 15.3. The first-order valence-corrected chi connectivity index (χ1v) is 6.29. The number of hydrogen-bond acceptors (Lipinski definition) is 3. The maximum atomic E-state index is 13.6. The molecule has 1 amide bonds. The summed E-state index contributed by atoms with van der Waals surface area (Å²) in [5, 5.41) is 11.5. The highest BCUT2D eigenvalue weighted by atomic mass is 19.2. The van der Waals surface area contributed by atoms with Crippen LogP contribution < -0.4 is 11.1 Å². The summed E-state index contributed by atoms with van der Waals surface area (Å²) in [4.78, 5) is 11.8. The van der Waals surface area contributed by atoms with Crippen LogP contribution in [0.5, 0.6) is 5.75 Å². The maximum Gasteiger partial charge on any atom is 0.254 e. The van der Waals surface area contributed by atoms with E-state index in [9.17, 15) is 18.0 Å². The number of halogens is 3. The van der Waals surface area contributed by atoms with E-state index in [1.54, 1.807) is 0 Å². The second kappa shape index (κ2) is 7.14. The third kappa shape index (κ3) is 3.63. The Labute approximate surface area is 114 Å². The summed E-state index contributed by atoms with van der Waals surface area (Å²) < 4.78 is 39.6. The Balaban J connectivity index is 2.92. The maximum absolute atomic E-state index is 13.6. The van der Waals surface area contributed by atoms with Crippen molar-refractivity contribution < 1.29 is 23.1 Å². The van der Waals surface area contributed by atoms with Crippen molar-refractivity contribution in [3.63, 3.8) is 0 Å². The number of carbonyl (C=O) groups excluding carboxylic acids is 1. The summed E-state index contributed by atoms with van der Waals surface area (Å²) in [6.07, 6.45) is 2.30. The van der Waals surface area contributed by atoms with E-state index in [4.69, 9.17) is 10.8 Å². The van der Waals surface area contributed by atoms with E-state index in [0.29, 0.717) is 12.5 Å². The van der Waals surface area contributed by atoms with E-state index in [0.717, 1.165) is 12.8 Å². The van der Waals surface area contributed by atoms with Crippen molar-refractivity contribution in [2.75, 3.05) is 6.54 Å². The molecule has 0 fully saturated rings. The van der Waals surface area contributed by atoms with Crippen LogP contribution in [0.25, 0.3) is 0 Å². The highest BCUT2D eigenvalue weighted by Crippen LogP contribution is 2.25. The van der Waals surface area contributed by atoms with Gasteiger partial charge in [0.2, 0.25) is 5.82 Å². The van der Waals surface area contributed by atoms with Crippen LogP contribution in [0.1, 0.15) is 36.5 Å². The molecule has 1 aromatic carbocycles. The Morgan fingerprint density at radius 2 is 2.05 bits per heavy atom. The predicted octanol–water partition coefficient (Wildman–Crippen LogP) is 2.06. The van der Waals surface area contributed by atoms with E-state index in [1.807, 2.05) is 6.92 Å². The molecular formula is C13H17F3N2O2. The highest BCUT2D eigenvalue weighted by molar-refractivity contribution is 5.95. The van der Waals surface area contributed by atoms with Crippen molar-refractivity contribution in [3.8, 4) is 5.75 Å². The van der Waals surface area contributed by atoms with Crippen molar-refractivity contribution in [3.05, 3.63) is 29.1 Å². The van der Waals surface area contributed by atoms with Crippen LogP contribution in [0.15, 0.2) is 6.07 Å². The van der Waals surface area contributed by atoms with Gasteiger partial charge >= 0.3 is 0 Å². The lowest BCUT2D eigenvalue weighted by Gasteiger charge is -2.17. The fourth-order valence-electron chi connectivity index (χ4n) is 1.72. The van der Waals surface area contributed by atoms with Crippen molar-refractivity contribution in [2.45, 2.75) is 32.2 Å². The first kappa shape index (κ1) is 16.3. The molecule has 4 N–H and O–H groups in total. The number of aromatic hydroxyl groups is 1. The van der Waals surface area contributed by atoms with Gasteiger partial charge in [0.25, 0.3) is 5.91 Å². The van der Waals surface area contributed by atoms with E-state index < -0.39 is 40.7 Å². The van der Waals surface area contributed by atoms with Gasteiger partial charge in [0.05, 0.1) is 5.56 Å². The van der Waals surface area contributed by atoms with Gasteiger partial charge in [-0.1, -0.05) is 19.8 Å². The van der Waals surface area contributed by atoms with Crippen molar-refractivity contribution in [2.24, 2.45) is 5.73 Å². The summed E-state index contributed by atoms with van der Waals surface area (Å²) in [5.41, 5.74) is 4.72. The standard InChI is InChI=1S/C13H17F3N2O2/c1-2-3-4-7(6-17)18-13(20)8-5-9(14)11(16)12(19)10(8)15/h5,7,19H,2-4,6,17H2,1H3,(H,18,20). The molecule has 0 saturated heterocycles. The Morgan fingerprint density at radius 1 is 1.40 bits per heavy atom. The fraction of sp³-hybridized carbons (Fsp3) is 0.462. The SMILES string of the molecule is CCCCC(CN)NC(=O)c1cc(F)c(F)c(O)c1F. The van der Waals surface area contributed by atoms with Gasteiger partial charge in [-0.3, -0.25) is 4.79 Å². The molecule has 1 aromatic rings. The number of nitrogens with two attached hydrogens (primary N) is 1. The van der Waals surface area contributed by atoms with Crippen LogP contribution >= 0.6 is 0 Å². The number of unbranched alkanes of at least 4 members (excludes halogenated alkanes) is 1. The summed E-state index contributed by atoms with van der Waals surface area (Å²) in [6, 6.07) is 0.0183. The molecule has 0 aromatic heterocycles. The number of benzene rings is 1. The second-order valence-electron chi connectivity index (χ2n) is 4.43. The minimum Gasteiger partial charge on any atom is -0.503 e. The number of amides is 1. The molecule has 0 aliphatic heterocycles. The molecule has 1 atom stereocenters. The summed E-state index contributed by atoms with van der Waals surface area (Å²) >= 11 is 0. The molecule has 20 heavy (non-hydrogen) atoms. The minimum absolute atomic E-state index is 0.142. The van der Waals surface area contributed by atoms with Crippen LogP contribution in [-0.2, 0) is 0 Å². The van der Waals surface area contributed by atoms with Gasteiger partial charge in [-0.25, -0.2) is 8.78 Å². The zero-order valence-corrected chi connectivity index (χ0v) is 11.0. The lowest BCUT2D eigenvalue weighted by atomic mass is 10.1. The molecule has 112 valence electrons. The molecule has 1 rings (SSSR count). The molecule has 0 aliphatic carbocycles. The molecule has 0 bridgehead atoms. The molecule has 7 heteroatoms. The topological polar surface area (TPSA) is 75.3 Å². The van der Waals surface area contributed by atoms with Crippen LogP contribution in [0.4, 0.5) is 13.2 Å². The van der Waals surface area contributed by atoms with E-state index in [-0.39, 0.29) is 6.54 Å². The van der Waals surface area contributed by atoms with Gasteiger partial charge in [-0.2, -0.15) is 4.39 Å². The average Bonchev–Trinajstić information content (AvgIpc) is 2.44. The monoisotopic (exact) mass is 290 g/mol. The Morgan fingerprint density at radius 3 is 2.60 bits per heavy atom. The number of rotatable bonds is 6. The van der Waals surface area contributed by atoms with Crippen molar-refractivity contribution in [1.29, 1.82) is 0 Å². The van der Waals surface area contributed by atoms with Crippen LogP contribution in [0.3, 0.4) is 0 Å². The largest absolute Gasteiger partial charge is 0.503 e. The van der Waals surface area contributed by atoms with Crippen LogP contribution in [0, 0.1) is 17.5 Å². The first-order valence-electron chi connectivity index (χ1n) is 6.29. The van der Waals surface area contributed by atoms with E-state index in [2.05, 4.69) is 5.32 Å². The number of phenolic OH excluding ortho intramolecular Hbond substituents is 1. The van der Waals surface area contributed by atoms with Gasteiger partial charge in [0, 0.05) is 12.6 Å². The van der Waals surface area contributed by atoms with Gasteiger partial charge in [0.15, 0.2) is 17.4 Å². The number of phenols is 1. The Hall–Kier alpha value is -1.76. The van der Waals surface area contributed by atoms with Crippen molar-refractivity contribution >= 4 is 5.91 Å². The Kier molecular flexibility index (Phi) is 5.82. The number of nitrogens with one attached hydrogen (secondary N) is 1. The van der Waals surface area contributed by atoms with E-state index >= 15 is 0 Å². The second-order valence-corrected chi connectivity index (χ2v) is 4.43. The van der Waals surface area contributed by atoms with Crippen LogP contribution in [-0.4, -0.2) is 23.6 Å². The van der Waals surface area contributed by atoms with Gasteiger partial charge in [-0.15, -0.1) is 0 Å². The molecule has 0 spiro atoms. The normalized spacial score (nSPS) is 12.2. The number of hydrogen-bond donors (Lipinski definition) is 3. The van der Waals surface area contributed by atoms with Crippen LogP contribution in [0.2, 0.25) is 0 Å². The quantitative estimate of drug-likeness (QED) is 0.702. The molecular weight excluding hydrogens is 273 g/mol. The minimum atomic E-state index is -1.72. The summed E-state index contributed by atoms with van der Waals surface area (Å²) in [7, 11) is 0. The number of carbonyl (C=O) groups is 1. The van der Waals surface area contributed by atoms with Gasteiger partial charge < -0.3 is 16.2 Å². The molecule has 0 saturated carbocycles. The van der Waals surface area contributed by atoms with E-state index in [1.165, 1.54) is 0 Å². The molecule has 0 aliphatic rings. The summed E-state index contributed by atoms with van der Waals surface area (Å²) in [5.74, 6) is -7.16. The van der Waals surface area contributed by atoms with Gasteiger partial charge in [0.1, 0.15) is 0 Å².